The summed E-state index contributed by atoms with van der Waals surface area (Å²) in [5.41, 5.74) is 1.50. The maximum absolute atomic E-state index is 5.97. The molecule has 0 aliphatic heterocycles. The molecule has 0 aliphatic carbocycles. The van der Waals surface area contributed by atoms with E-state index in [1.807, 2.05) is 11.5 Å². The van der Waals surface area contributed by atoms with Crippen LogP contribution in [-0.4, -0.2) is 19.5 Å². The Morgan fingerprint density at radius 2 is 1.88 bits per heavy atom. The lowest BCUT2D eigenvalue weighted by molar-refractivity contribution is 0.763. The maximum atomic E-state index is 5.97. The monoisotopic (exact) mass is 256 g/mol. The Morgan fingerprint density at radius 1 is 1.25 bits per heavy atom. The van der Waals surface area contributed by atoms with Crippen LogP contribution in [0.5, 0.6) is 0 Å². The minimum atomic E-state index is 0.374. The normalized spacial score (nSPS) is 10.8. The molecular formula is C10H10Cl2N4. The van der Waals surface area contributed by atoms with Gasteiger partial charge in [-0.2, -0.15) is 0 Å². The second kappa shape index (κ2) is 4.39. The topological polar surface area (TPSA) is 43.6 Å². The first-order chi connectivity index (χ1) is 7.63. The van der Waals surface area contributed by atoms with E-state index < -0.39 is 0 Å². The number of halogens is 2. The van der Waals surface area contributed by atoms with E-state index in [4.69, 9.17) is 23.2 Å². The van der Waals surface area contributed by atoms with Crippen molar-refractivity contribution in [2.45, 2.75) is 20.4 Å². The molecule has 2 aromatic heterocycles. The van der Waals surface area contributed by atoms with Gasteiger partial charge in [-0.05, 0) is 13.8 Å². The molecule has 0 aliphatic rings. The average molecular weight is 257 g/mol. The van der Waals surface area contributed by atoms with Crippen molar-refractivity contribution in [2.24, 2.45) is 0 Å². The highest BCUT2D eigenvalue weighted by molar-refractivity contribution is 6.34. The maximum Gasteiger partial charge on any atom is 0.180 e. The third-order valence-electron chi connectivity index (χ3n) is 2.31. The number of hydrogen-bond acceptors (Lipinski definition) is 3. The summed E-state index contributed by atoms with van der Waals surface area (Å²) in [7, 11) is 0. The van der Waals surface area contributed by atoms with Gasteiger partial charge in [0.05, 0.1) is 12.5 Å². The lowest BCUT2D eigenvalue weighted by Gasteiger charge is -2.06. The molecule has 0 amide bonds. The lowest BCUT2D eigenvalue weighted by Crippen LogP contribution is -2.00. The standard InChI is InChI=1S/C10H10Cl2N4/c1-3-16-5-13-4-7(16)10-14-8(11)6(2)9(12)15-10/h4-5H,3H2,1-2H3. The molecule has 2 rings (SSSR count). The number of hydrogen-bond donors (Lipinski definition) is 0. The van der Waals surface area contributed by atoms with Crippen molar-refractivity contribution in [1.29, 1.82) is 0 Å². The fourth-order valence-corrected chi connectivity index (χ4v) is 1.72. The average Bonchev–Trinajstić information content (AvgIpc) is 2.73. The van der Waals surface area contributed by atoms with E-state index in [0.717, 1.165) is 12.2 Å². The predicted octanol–water partition coefficient (Wildman–Crippen LogP) is 2.98. The Bertz CT molecular complexity index is 498. The van der Waals surface area contributed by atoms with E-state index in [9.17, 15) is 0 Å². The van der Waals surface area contributed by atoms with Gasteiger partial charge in [0.1, 0.15) is 16.0 Å². The summed E-state index contributed by atoms with van der Waals surface area (Å²) in [4.78, 5) is 12.4. The molecular weight excluding hydrogens is 247 g/mol. The molecule has 16 heavy (non-hydrogen) atoms. The van der Waals surface area contributed by atoms with Gasteiger partial charge in [-0.1, -0.05) is 23.2 Å². The smallest absolute Gasteiger partial charge is 0.180 e. The van der Waals surface area contributed by atoms with Crippen LogP contribution in [0.2, 0.25) is 10.3 Å². The zero-order chi connectivity index (χ0) is 11.7. The molecule has 4 nitrogen and oxygen atoms in total. The number of aromatic nitrogens is 4. The van der Waals surface area contributed by atoms with Crippen LogP contribution in [0, 0.1) is 6.92 Å². The molecule has 0 radical (unpaired) electrons. The van der Waals surface area contributed by atoms with Gasteiger partial charge in [0.15, 0.2) is 5.82 Å². The van der Waals surface area contributed by atoms with Crippen molar-refractivity contribution in [3.8, 4) is 11.5 Å². The highest BCUT2D eigenvalue weighted by atomic mass is 35.5. The van der Waals surface area contributed by atoms with E-state index in [1.165, 1.54) is 0 Å². The lowest BCUT2D eigenvalue weighted by atomic mass is 10.3. The molecule has 84 valence electrons. The van der Waals surface area contributed by atoms with Gasteiger partial charge in [-0.25, -0.2) is 15.0 Å². The van der Waals surface area contributed by atoms with Crippen molar-refractivity contribution in [2.75, 3.05) is 0 Å². The van der Waals surface area contributed by atoms with Gasteiger partial charge >= 0.3 is 0 Å². The first-order valence-corrected chi connectivity index (χ1v) is 5.59. The highest BCUT2D eigenvalue weighted by Gasteiger charge is 2.12. The van der Waals surface area contributed by atoms with Crippen LogP contribution in [-0.2, 0) is 6.54 Å². The Labute approximate surface area is 103 Å². The number of rotatable bonds is 2. The highest BCUT2D eigenvalue weighted by Crippen LogP contribution is 2.24. The van der Waals surface area contributed by atoms with Crippen LogP contribution in [0.4, 0.5) is 0 Å². The van der Waals surface area contributed by atoms with Gasteiger partial charge in [-0.3, -0.25) is 0 Å². The minimum absolute atomic E-state index is 0.374. The van der Waals surface area contributed by atoms with Gasteiger partial charge < -0.3 is 4.57 Å². The summed E-state index contributed by atoms with van der Waals surface area (Å²) in [5.74, 6) is 0.500. The summed E-state index contributed by atoms with van der Waals surface area (Å²) >= 11 is 11.9. The second-order valence-electron chi connectivity index (χ2n) is 3.32. The van der Waals surface area contributed by atoms with Crippen LogP contribution < -0.4 is 0 Å². The zero-order valence-electron chi connectivity index (χ0n) is 8.91. The zero-order valence-corrected chi connectivity index (χ0v) is 10.4. The molecule has 0 saturated carbocycles. The largest absolute Gasteiger partial charge is 0.328 e. The van der Waals surface area contributed by atoms with Gasteiger partial charge in [0, 0.05) is 12.1 Å². The Kier molecular flexibility index (Phi) is 3.12. The molecule has 0 bridgehead atoms. The summed E-state index contributed by atoms with van der Waals surface area (Å²) < 4.78 is 1.93. The molecule has 0 spiro atoms. The fourth-order valence-electron chi connectivity index (χ4n) is 1.34. The van der Waals surface area contributed by atoms with E-state index in [0.29, 0.717) is 21.7 Å². The summed E-state index contributed by atoms with van der Waals surface area (Å²) in [6.45, 7) is 4.59. The van der Waals surface area contributed by atoms with Crippen molar-refractivity contribution >= 4 is 23.2 Å². The summed E-state index contributed by atoms with van der Waals surface area (Å²) in [5, 5.41) is 0.748. The quantitative estimate of drug-likeness (QED) is 0.777. The predicted molar refractivity (Wildman–Crippen MR) is 63.7 cm³/mol. The molecule has 0 saturated heterocycles. The van der Waals surface area contributed by atoms with Crippen molar-refractivity contribution in [3.63, 3.8) is 0 Å². The Hall–Kier alpha value is -1.13. The summed E-state index contributed by atoms with van der Waals surface area (Å²) in [6.07, 6.45) is 3.42. The van der Waals surface area contributed by atoms with Crippen molar-refractivity contribution < 1.29 is 0 Å². The third kappa shape index (κ3) is 1.90. The van der Waals surface area contributed by atoms with E-state index >= 15 is 0 Å². The SMILES string of the molecule is CCn1cncc1-c1nc(Cl)c(C)c(Cl)n1. The van der Waals surface area contributed by atoms with Gasteiger partial charge in [0.2, 0.25) is 0 Å². The Morgan fingerprint density at radius 3 is 2.44 bits per heavy atom. The molecule has 0 fully saturated rings. The molecule has 2 heterocycles. The number of nitrogens with zero attached hydrogens (tertiary/aromatic N) is 4. The first kappa shape index (κ1) is 11.4. The van der Waals surface area contributed by atoms with Crippen molar-refractivity contribution in [1.82, 2.24) is 19.5 Å². The second-order valence-corrected chi connectivity index (χ2v) is 4.03. The van der Waals surface area contributed by atoms with Gasteiger partial charge in [0.25, 0.3) is 0 Å². The third-order valence-corrected chi connectivity index (χ3v) is 3.05. The molecule has 6 heteroatoms. The van der Waals surface area contributed by atoms with Gasteiger partial charge in [-0.15, -0.1) is 0 Å². The van der Waals surface area contributed by atoms with Crippen LogP contribution in [0.25, 0.3) is 11.5 Å². The van der Waals surface area contributed by atoms with E-state index in [-0.39, 0.29) is 0 Å². The minimum Gasteiger partial charge on any atom is -0.328 e. The van der Waals surface area contributed by atoms with Crippen LogP contribution in [0.1, 0.15) is 12.5 Å². The summed E-state index contributed by atoms with van der Waals surface area (Å²) in [6, 6.07) is 0. The molecule has 2 aromatic rings. The van der Waals surface area contributed by atoms with E-state index in [1.54, 1.807) is 19.4 Å². The fraction of sp³-hybridized carbons (Fsp3) is 0.300. The number of imidazole rings is 1. The molecule has 0 atom stereocenters. The van der Waals surface area contributed by atoms with E-state index in [2.05, 4.69) is 15.0 Å². The van der Waals surface area contributed by atoms with Crippen LogP contribution >= 0.6 is 23.2 Å². The molecule has 0 unspecified atom stereocenters. The Balaban J connectivity index is 2.57. The number of aryl methyl sites for hydroxylation is 1. The van der Waals surface area contributed by atoms with Crippen molar-refractivity contribution in [3.05, 3.63) is 28.4 Å². The molecule has 0 aromatic carbocycles. The van der Waals surface area contributed by atoms with Crippen LogP contribution in [0.15, 0.2) is 12.5 Å². The first-order valence-electron chi connectivity index (χ1n) is 4.83. The van der Waals surface area contributed by atoms with Crippen LogP contribution in [0.3, 0.4) is 0 Å². The molecule has 0 N–H and O–H groups in total.